The van der Waals surface area contributed by atoms with Crippen molar-refractivity contribution in [1.29, 1.82) is 0 Å². The van der Waals surface area contributed by atoms with Gasteiger partial charge in [0.2, 0.25) is 5.91 Å². The number of ether oxygens (including phenoxy) is 1. The Kier molecular flexibility index (Phi) is 14.8. The molecule has 1 saturated heterocycles. The molecule has 1 amide bonds. The van der Waals surface area contributed by atoms with Gasteiger partial charge in [-0.25, -0.2) is 8.60 Å². The molecule has 11 heteroatoms. The Morgan fingerprint density at radius 3 is 2.04 bits per heavy atom. The number of nitrogens with zero attached hydrogens (tertiary/aromatic N) is 2. The summed E-state index contributed by atoms with van der Waals surface area (Å²) in [5.74, 6) is -1.00. The molecule has 3 aromatic rings. The topological polar surface area (TPSA) is 87.1 Å². The number of anilines is 1. The van der Waals surface area contributed by atoms with Crippen molar-refractivity contribution in [3.8, 4) is 0 Å². The number of carboxylic acids is 1. The van der Waals surface area contributed by atoms with E-state index in [-0.39, 0.29) is 29.8 Å². The fraction of sp³-hybridized carbons (Fsp3) is 0.412. The fourth-order valence-corrected chi connectivity index (χ4v) is 6.66. The minimum atomic E-state index is -1.34. The van der Waals surface area contributed by atoms with Gasteiger partial charge < -0.3 is 14.7 Å². The monoisotopic (exact) mass is 678 g/mol. The lowest BCUT2D eigenvalue weighted by molar-refractivity contribution is -0.152. The van der Waals surface area contributed by atoms with Crippen molar-refractivity contribution < 1.29 is 28.0 Å². The predicted molar refractivity (Wildman–Crippen MR) is 179 cm³/mol. The zero-order valence-electron chi connectivity index (χ0n) is 25.8. The molecule has 0 bridgehead atoms. The molecule has 3 fully saturated rings. The molecule has 0 spiro atoms. The Bertz CT molecular complexity index is 1390. The van der Waals surface area contributed by atoms with Gasteiger partial charge in [-0.05, 0) is 73.6 Å². The van der Waals surface area contributed by atoms with Crippen LogP contribution >= 0.6 is 23.2 Å². The number of morpholine rings is 1. The Labute approximate surface area is 277 Å². The van der Waals surface area contributed by atoms with Gasteiger partial charge in [-0.15, -0.1) is 0 Å². The molecule has 1 N–H and O–H groups in total. The number of aliphatic carboxylic acids is 1. The van der Waals surface area contributed by atoms with E-state index in [4.69, 9.17) is 37.8 Å². The van der Waals surface area contributed by atoms with Crippen molar-refractivity contribution in [3.63, 3.8) is 0 Å². The van der Waals surface area contributed by atoms with Crippen LogP contribution < -0.4 is 4.31 Å². The van der Waals surface area contributed by atoms with E-state index in [9.17, 15) is 13.4 Å². The second kappa shape index (κ2) is 18.2. The highest BCUT2D eigenvalue weighted by molar-refractivity contribution is 7.87. The summed E-state index contributed by atoms with van der Waals surface area (Å²) in [6.45, 7) is 5.84. The highest BCUT2D eigenvalue weighted by atomic mass is 35.5. The van der Waals surface area contributed by atoms with Crippen LogP contribution in [0.4, 0.5) is 10.1 Å². The van der Waals surface area contributed by atoms with Crippen LogP contribution in [-0.4, -0.2) is 57.1 Å². The third-order valence-electron chi connectivity index (χ3n) is 7.14. The number of rotatable bonds is 8. The van der Waals surface area contributed by atoms with Crippen LogP contribution in [0.25, 0.3) is 0 Å². The average Bonchev–Trinajstić information content (AvgIpc) is 3.95. The van der Waals surface area contributed by atoms with Crippen molar-refractivity contribution in [3.05, 3.63) is 100 Å². The molecular weight excluding hydrogens is 638 g/mol. The van der Waals surface area contributed by atoms with Crippen molar-refractivity contribution in [1.82, 2.24) is 4.90 Å². The molecule has 1 aliphatic heterocycles. The first kappa shape index (κ1) is 36.5. The van der Waals surface area contributed by atoms with Gasteiger partial charge in [-0.3, -0.25) is 13.9 Å². The number of carbonyl (C=O) groups excluding carboxylic acids is 1. The summed E-state index contributed by atoms with van der Waals surface area (Å²) < 4.78 is 35.4. The average molecular weight is 680 g/mol. The van der Waals surface area contributed by atoms with E-state index in [2.05, 4.69) is 0 Å². The number of hydrogen-bond donors (Lipinski definition) is 1. The fourth-order valence-electron chi connectivity index (χ4n) is 4.85. The summed E-state index contributed by atoms with van der Waals surface area (Å²) in [6.07, 6.45) is 3.78. The van der Waals surface area contributed by atoms with Gasteiger partial charge in [0.1, 0.15) is 23.4 Å². The Morgan fingerprint density at radius 2 is 1.53 bits per heavy atom. The largest absolute Gasteiger partial charge is 0.481 e. The van der Waals surface area contributed by atoms with Gasteiger partial charge in [0.05, 0.1) is 36.2 Å². The summed E-state index contributed by atoms with van der Waals surface area (Å²) in [5.41, 5.74) is 1.29. The van der Waals surface area contributed by atoms with Gasteiger partial charge in [0.25, 0.3) is 5.97 Å². The highest BCUT2D eigenvalue weighted by Gasteiger charge is 2.45. The molecule has 3 atom stereocenters. The van der Waals surface area contributed by atoms with Crippen LogP contribution in [0.5, 0.6) is 0 Å². The minimum absolute atomic E-state index is 0.0265. The van der Waals surface area contributed by atoms with E-state index < -0.39 is 22.8 Å². The molecule has 2 unspecified atom stereocenters. The lowest BCUT2D eigenvalue weighted by Gasteiger charge is -2.43. The lowest BCUT2D eigenvalue weighted by Crippen LogP contribution is -2.54. The normalized spacial score (nSPS) is 18.5. The van der Waals surface area contributed by atoms with Crippen LogP contribution in [0.2, 0.25) is 10.0 Å². The number of carbonyl (C=O) groups is 2. The molecular formula is C34H41Cl2FN2O5S. The molecule has 3 aliphatic rings. The third-order valence-corrected chi connectivity index (χ3v) is 9.46. The number of para-hydroxylation sites is 1. The summed E-state index contributed by atoms with van der Waals surface area (Å²) in [5, 5.41) is 8.90. The van der Waals surface area contributed by atoms with Crippen LogP contribution in [-0.2, 0) is 25.3 Å². The van der Waals surface area contributed by atoms with Crippen molar-refractivity contribution >= 4 is 51.8 Å². The van der Waals surface area contributed by atoms with E-state index in [1.165, 1.54) is 6.07 Å². The summed E-state index contributed by atoms with van der Waals surface area (Å²) in [4.78, 5) is 24.0. The number of amides is 1. The smallest absolute Gasteiger partial charge is 0.300 e. The predicted octanol–water partition coefficient (Wildman–Crippen LogP) is 7.95. The zero-order chi connectivity index (χ0) is 32.9. The second-order valence-electron chi connectivity index (χ2n) is 10.6. The van der Waals surface area contributed by atoms with Crippen LogP contribution in [0, 0.1) is 11.7 Å². The van der Waals surface area contributed by atoms with Crippen molar-refractivity contribution in [2.24, 2.45) is 5.92 Å². The minimum Gasteiger partial charge on any atom is -0.481 e. The van der Waals surface area contributed by atoms with E-state index in [1.807, 2.05) is 73.3 Å². The van der Waals surface area contributed by atoms with Crippen molar-refractivity contribution in [2.75, 3.05) is 24.1 Å². The Hall–Kier alpha value is -2.98. The third kappa shape index (κ3) is 11.4. The molecule has 2 aliphatic carbocycles. The first-order valence-electron chi connectivity index (χ1n) is 15.1. The molecule has 0 radical (unpaired) electrons. The molecule has 2 saturated carbocycles. The molecule has 45 heavy (non-hydrogen) atoms. The van der Waals surface area contributed by atoms with E-state index >= 15 is 0 Å². The maximum absolute atomic E-state index is 14.8. The van der Waals surface area contributed by atoms with Crippen LogP contribution in [0.15, 0.2) is 78.9 Å². The molecule has 0 aromatic heterocycles. The maximum atomic E-state index is 14.8. The van der Waals surface area contributed by atoms with Crippen LogP contribution in [0.3, 0.4) is 0 Å². The standard InChI is InChI=1S/C24H26ClFN2O3S.C6H5Cl.C2H4O2.C2H6/c25-18-9-7-17(8-10-18)23-14-31-15-24(29)28(23)22(16-5-6-16)13-27(32(30)19-11-12-19)21-4-2-1-3-20(21)26;7-6-4-2-1-3-5-6;1-2(3)4;1-2/h1-4,7-10,16,19,22-23H,5-6,11-15H2;1-5H;1H3,(H,3,4);1-2H3/t22?,23-,32?;;;/m0.../s1. The number of hydrogen-bond acceptors (Lipinski definition) is 4. The highest BCUT2D eigenvalue weighted by Crippen LogP contribution is 2.42. The van der Waals surface area contributed by atoms with E-state index in [0.29, 0.717) is 29.8 Å². The number of halogens is 3. The molecule has 1 heterocycles. The number of carboxylic acid groups (broad SMARTS) is 1. The Morgan fingerprint density at radius 1 is 0.978 bits per heavy atom. The molecule has 244 valence electrons. The summed E-state index contributed by atoms with van der Waals surface area (Å²) >= 11 is 11.6. The van der Waals surface area contributed by atoms with Gasteiger partial charge in [-0.2, -0.15) is 0 Å². The Balaban J connectivity index is 0.000000358. The molecule has 7 nitrogen and oxygen atoms in total. The second-order valence-corrected chi connectivity index (χ2v) is 13.1. The number of benzene rings is 3. The molecule has 6 rings (SSSR count). The SMILES string of the molecule is CC.CC(=O)O.Clc1ccccc1.O=C1COC[C@@H](c2ccc(Cl)cc2)N1C(CN(c1ccccc1F)S(=O)C1CC1)C1CC1. The zero-order valence-corrected chi connectivity index (χ0v) is 28.1. The summed E-state index contributed by atoms with van der Waals surface area (Å²) in [7, 11) is -1.34. The molecule has 3 aromatic carbocycles. The lowest BCUT2D eigenvalue weighted by atomic mass is 10.00. The van der Waals surface area contributed by atoms with Gasteiger partial charge in [0.15, 0.2) is 0 Å². The van der Waals surface area contributed by atoms with E-state index in [0.717, 1.165) is 43.2 Å². The first-order chi connectivity index (χ1) is 21.7. The van der Waals surface area contributed by atoms with Gasteiger partial charge in [-0.1, -0.05) is 79.5 Å². The van der Waals surface area contributed by atoms with E-state index in [1.54, 1.807) is 22.5 Å². The van der Waals surface area contributed by atoms with Gasteiger partial charge >= 0.3 is 0 Å². The van der Waals surface area contributed by atoms with Gasteiger partial charge in [0, 0.05) is 17.0 Å². The quantitative estimate of drug-likeness (QED) is 0.261. The summed E-state index contributed by atoms with van der Waals surface area (Å²) in [6, 6.07) is 23.0. The maximum Gasteiger partial charge on any atom is 0.300 e. The van der Waals surface area contributed by atoms with Crippen molar-refractivity contribution in [2.45, 2.75) is 63.8 Å². The first-order valence-corrected chi connectivity index (χ1v) is 17.1. The van der Waals surface area contributed by atoms with Crippen LogP contribution in [0.1, 0.15) is 58.1 Å².